The Morgan fingerprint density at radius 3 is 2.17 bits per heavy atom. The van der Waals surface area contributed by atoms with Crippen molar-refractivity contribution in [2.45, 2.75) is 37.5 Å². The minimum atomic E-state index is 0.242. The summed E-state index contributed by atoms with van der Waals surface area (Å²) in [5, 5.41) is 0. The van der Waals surface area contributed by atoms with Gasteiger partial charge in [0.15, 0.2) is 0 Å². The number of hydrogen-bond acceptors (Lipinski definition) is 2. The van der Waals surface area contributed by atoms with Crippen molar-refractivity contribution in [3.63, 3.8) is 0 Å². The summed E-state index contributed by atoms with van der Waals surface area (Å²) < 4.78 is 0. The minimum Gasteiger partial charge on any atom is -0.371 e. The number of rotatable bonds is 4. The summed E-state index contributed by atoms with van der Waals surface area (Å²) in [6.45, 7) is 1.95. The lowest BCUT2D eigenvalue weighted by atomic mass is 9.69. The maximum Gasteiger partial charge on any atom is 0.123 e. The van der Waals surface area contributed by atoms with Gasteiger partial charge in [-0.3, -0.25) is 0 Å². The second-order valence-electron chi connectivity index (χ2n) is 8.78. The lowest BCUT2D eigenvalue weighted by Crippen LogP contribution is -2.34. The molecule has 0 amide bonds. The number of aldehydes is 1. The summed E-state index contributed by atoms with van der Waals surface area (Å²) in [6.07, 6.45) is 5.40. The number of aryl methyl sites for hydroxylation is 1. The van der Waals surface area contributed by atoms with E-state index in [1.807, 2.05) is 0 Å². The molecule has 1 saturated heterocycles. The van der Waals surface area contributed by atoms with E-state index < -0.39 is 0 Å². The zero-order valence-corrected chi connectivity index (χ0v) is 17.4. The molecule has 3 aromatic carbocycles. The molecule has 0 N–H and O–H groups in total. The smallest absolute Gasteiger partial charge is 0.123 e. The van der Waals surface area contributed by atoms with Gasteiger partial charge in [0.2, 0.25) is 0 Å². The molecule has 152 valence electrons. The normalized spacial score (nSPS) is 21.8. The van der Waals surface area contributed by atoms with Gasteiger partial charge in [0.05, 0.1) is 0 Å². The van der Waals surface area contributed by atoms with Crippen LogP contribution in [-0.2, 0) is 11.2 Å². The van der Waals surface area contributed by atoms with Crippen molar-refractivity contribution in [1.29, 1.82) is 0 Å². The van der Waals surface area contributed by atoms with E-state index >= 15 is 0 Å². The summed E-state index contributed by atoms with van der Waals surface area (Å²) >= 11 is 0. The summed E-state index contributed by atoms with van der Waals surface area (Å²) in [4.78, 5) is 13.5. The highest BCUT2D eigenvalue weighted by molar-refractivity contribution is 5.56. The van der Waals surface area contributed by atoms with Crippen LogP contribution < -0.4 is 4.90 Å². The van der Waals surface area contributed by atoms with Crippen LogP contribution in [0.5, 0.6) is 0 Å². The van der Waals surface area contributed by atoms with Crippen LogP contribution in [0.25, 0.3) is 0 Å². The van der Waals surface area contributed by atoms with Crippen LogP contribution in [0.3, 0.4) is 0 Å². The van der Waals surface area contributed by atoms with Crippen LogP contribution in [-0.4, -0.2) is 19.4 Å². The van der Waals surface area contributed by atoms with E-state index in [2.05, 4.69) is 83.8 Å². The average molecular weight is 396 g/mol. The highest BCUT2D eigenvalue weighted by atomic mass is 16.1. The van der Waals surface area contributed by atoms with Gasteiger partial charge in [-0.25, -0.2) is 0 Å². The van der Waals surface area contributed by atoms with E-state index in [0.29, 0.717) is 11.8 Å². The first-order valence-corrected chi connectivity index (χ1v) is 11.3. The van der Waals surface area contributed by atoms with E-state index in [1.54, 1.807) is 0 Å². The van der Waals surface area contributed by atoms with Gasteiger partial charge in [-0.1, -0.05) is 66.7 Å². The second kappa shape index (κ2) is 8.47. The van der Waals surface area contributed by atoms with Crippen molar-refractivity contribution in [3.8, 4) is 0 Å². The van der Waals surface area contributed by atoms with Gasteiger partial charge < -0.3 is 9.69 Å². The molecule has 0 unspecified atom stereocenters. The Hall–Kier alpha value is -2.87. The van der Waals surface area contributed by atoms with Gasteiger partial charge in [0, 0.05) is 30.6 Å². The monoisotopic (exact) mass is 395 g/mol. The number of nitrogens with zero attached hydrogens (tertiary/aromatic N) is 1. The molecule has 0 spiro atoms. The maximum absolute atomic E-state index is 11.1. The molecule has 0 radical (unpaired) electrons. The second-order valence-corrected chi connectivity index (χ2v) is 8.78. The lowest BCUT2D eigenvalue weighted by molar-refractivity contribution is -0.111. The maximum atomic E-state index is 11.1. The first-order chi connectivity index (χ1) is 14.8. The number of carbonyl (C=O) groups is 1. The SMILES string of the molecule is O=CC1CCN(c2ccc([C@@H]3c4ccccc4CC[C@@H]3c3ccccc3)cc2)CC1. The molecule has 5 rings (SSSR count). The third-order valence-electron chi connectivity index (χ3n) is 7.09. The highest BCUT2D eigenvalue weighted by Crippen LogP contribution is 2.46. The molecule has 2 aliphatic rings. The molecule has 1 heterocycles. The van der Waals surface area contributed by atoms with Crippen LogP contribution in [0.15, 0.2) is 78.9 Å². The third-order valence-corrected chi connectivity index (χ3v) is 7.09. The number of hydrogen-bond donors (Lipinski definition) is 0. The molecule has 30 heavy (non-hydrogen) atoms. The fourth-order valence-corrected chi connectivity index (χ4v) is 5.42. The quantitative estimate of drug-likeness (QED) is 0.508. The summed E-state index contributed by atoms with van der Waals surface area (Å²) in [6, 6.07) is 29.3. The molecule has 1 fully saturated rings. The zero-order chi connectivity index (χ0) is 20.3. The van der Waals surface area contributed by atoms with Crippen molar-refractivity contribution < 1.29 is 4.79 Å². The molecule has 1 aliphatic carbocycles. The summed E-state index contributed by atoms with van der Waals surface area (Å²) in [5.41, 5.74) is 7.11. The van der Waals surface area contributed by atoms with Crippen molar-refractivity contribution in [2.24, 2.45) is 5.92 Å². The Morgan fingerprint density at radius 2 is 1.43 bits per heavy atom. The molecule has 2 nitrogen and oxygen atoms in total. The Balaban J connectivity index is 1.46. The first kappa shape index (κ1) is 19.1. The molecule has 2 heteroatoms. The molecule has 1 aliphatic heterocycles. The fraction of sp³-hybridized carbons (Fsp3) is 0.321. The molecular weight excluding hydrogens is 366 g/mol. The Labute approximate surface area is 179 Å². The Kier molecular flexibility index (Phi) is 5.40. The van der Waals surface area contributed by atoms with Crippen LogP contribution in [0.1, 0.15) is 53.4 Å². The topological polar surface area (TPSA) is 20.3 Å². The Morgan fingerprint density at radius 1 is 0.733 bits per heavy atom. The van der Waals surface area contributed by atoms with Gasteiger partial charge in [-0.2, -0.15) is 0 Å². The van der Waals surface area contributed by atoms with E-state index in [-0.39, 0.29) is 5.92 Å². The number of carbonyl (C=O) groups excluding carboxylic acids is 1. The molecule has 0 bridgehead atoms. The highest BCUT2D eigenvalue weighted by Gasteiger charge is 2.31. The molecule has 0 aromatic heterocycles. The minimum absolute atomic E-state index is 0.242. The predicted molar refractivity (Wildman–Crippen MR) is 123 cm³/mol. The number of fused-ring (bicyclic) bond motifs is 1. The van der Waals surface area contributed by atoms with Crippen molar-refractivity contribution in [3.05, 3.63) is 101 Å². The average Bonchev–Trinajstić information content (AvgIpc) is 2.84. The fourth-order valence-electron chi connectivity index (χ4n) is 5.42. The van der Waals surface area contributed by atoms with Crippen LogP contribution >= 0.6 is 0 Å². The summed E-state index contributed by atoms with van der Waals surface area (Å²) in [7, 11) is 0. The Bertz CT molecular complexity index is 987. The predicted octanol–water partition coefficient (Wildman–Crippen LogP) is 5.96. The van der Waals surface area contributed by atoms with Crippen LogP contribution in [0.4, 0.5) is 5.69 Å². The van der Waals surface area contributed by atoms with E-state index in [9.17, 15) is 4.79 Å². The first-order valence-electron chi connectivity index (χ1n) is 11.3. The van der Waals surface area contributed by atoms with Crippen molar-refractivity contribution in [1.82, 2.24) is 0 Å². The number of anilines is 1. The number of benzene rings is 3. The summed E-state index contributed by atoms with van der Waals surface area (Å²) in [5.74, 6) is 1.15. The van der Waals surface area contributed by atoms with Gasteiger partial charge >= 0.3 is 0 Å². The number of piperidine rings is 1. The van der Waals surface area contributed by atoms with E-state index in [4.69, 9.17) is 0 Å². The molecular formula is C28H29NO. The van der Waals surface area contributed by atoms with Crippen molar-refractivity contribution in [2.75, 3.05) is 18.0 Å². The van der Waals surface area contributed by atoms with Gasteiger partial charge in [-0.05, 0) is 66.0 Å². The third kappa shape index (κ3) is 3.67. The van der Waals surface area contributed by atoms with Gasteiger partial charge in [0.1, 0.15) is 6.29 Å². The van der Waals surface area contributed by atoms with Crippen LogP contribution in [0, 0.1) is 5.92 Å². The zero-order valence-electron chi connectivity index (χ0n) is 17.4. The van der Waals surface area contributed by atoms with E-state index in [0.717, 1.165) is 38.6 Å². The van der Waals surface area contributed by atoms with Crippen molar-refractivity contribution >= 4 is 12.0 Å². The molecule has 3 aromatic rings. The van der Waals surface area contributed by atoms with Gasteiger partial charge in [0.25, 0.3) is 0 Å². The molecule has 0 saturated carbocycles. The van der Waals surface area contributed by atoms with E-state index in [1.165, 1.54) is 34.4 Å². The van der Waals surface area contributed by atoms with Gasteiger partial charge in [-0.15, -0.1) is 0 Å². The standard InChI is InChI=1S/C28H29NO/c30-20-21-16-18-29(19-17-21)25-13-10-24(11-14-25)28-26-9-5-4-8-23(26)12-15-27(28)22-6-2-1-3-7-22/h1-11,13-14,20-21,27-28H,12,15-19H2/t27-,28-/m1/s1. The van der Waals surface area contributed by atoms with Crippen LogP contribution in [0.2, 0.25) is 0 Å². The lowest BCUT2D eigenvalue weighted by Gasteiger charge is -2.35. The largest absolute Gasteiger partial charge is 0.371 e. The molecule has 2 atom stereocenters.